The summed E-state index contributed by atoms with van der Waals surface area (Å²) < 4.78 is 11.4. The van der Waals surface area contributed by atoms with Crippen molar-refractivity contribution >= 4 is 18.3 Å². The number of rotatable bonds is 4. The first-order valence-electron chi connectivity index (χ1n) is 8.62. The number of aromatic nitrogens is 1. The summed E-state index contributed by atoms with van der Waals surface area (Å²) in [6.45, 7) is 3.18. The summed E-state index contributed by atoms with van der Waals surface area (Å²) in [6, 6.07) is 5.31. The van der Waals surface area contributed by atoms with E-state index in [1.54, 1.807) is 29.3 Å². The predicted octanol–water partition coefficient (Wildman–Crippen LogP) is 0.00430. The van der Waals surface area contributed by atoms with Crippen molar-refractivity contribution in [2.45, 2.75) is 24.4 Å². The van der Waals surface area contributed by atoms with Crippen LogP contribution in [0.15, 0.2) is 24.4 Å². The van der Waals surface area contributed by atoms with Crippen molar-refractivity contribution in [2.24, 2.45) is 0 Å². The highest BCUT2D eigenvalue weighted by atomic mass is 35.5. The lowest BCUT2D eigenvalue weighted by molar-refractivity contribution is -0.769. The molecule has 0 N–H and O–H groups in total. The molecule has 4 atom stereocenters. The average Bonchev–Trinajstić information content (AvgIpc) is 3.25. The molecular weight excluding hydrogens is 380 g/mol. The van der Waals surface area contributed by atoms with Gasteiger partial charge in [0, 0.05) is 32.4 Å². The number of hydrogen-bond acceptors (Lipinski definition) is 8. The zero-order valence-corrected chi connectivity index (χ0v) is 15.3. The fraction of sp³-hybridized carbons (Fsp3) is 0.625. The SMILES string of the molecule is Cl.O=C(c1ccccn1)N1CCN([C@H]2CO[C@H]3[C@@H]2OC[C@@H]3O[N+](=O)[O-])CC1. The molecule has 0 aliphatic carbocycles. The lowest BCUT2D eigenvalue weighted by Gasteiger charge is -2.38. The molecule has 0 radical (unpaired) electrons. The van der Waals surface area contributed by atoms with Crippen LogP contribution in [0.2, 0.25) is 0 Å². The van der Waals surface area contributed by atoms with E-state index in [2.05, 4.69) is 14.7 Å². The van der Waals surface area contributed by atoms with Crippen LogP contribution in [0.3, 0.4) is 0 Å². The standard InChI is InChI=1S/C16H20N4O6.ClH/c21-16(11-3-1-2-4-17-11)19-7-5-18(6-8-19)12-9-24-15-13(26-20(22)23)10-25-14(12)15;/h1-4,12-15H,5-10H2;1H/t12-,13-,14+,15+;/m0./s1. The number of carbonyl (C=O) groups is 1. The monoisotopic (exact) mass is 400 g/mol. The number of pyridine rings is 1. The first kappa shape index (κ1) is 19.7. The van der Waals surface area contributed by atoms with Gasteiger partial charge in [0.1, 0.15) is 17.9 Å². The number of amides is 1. The Hall–Kier alpha value is -2.01. The van der Waals surface area contributed by atoms with E-state index in [0.29, 0.717) is 38.5 Å². The Labute approximate surface area is 161 Å². The van der Waals surface area contributed by atoms with Crippen LogP contribution in [0, 0.1) is 10.1 Å². The van der Waals surface area contributed by atoms with Gasteiger partial charge in [0.05, 0.1) is 19.3 Å². The number of carbonyl (C=O) groups excluding carboxylic acids is 1. The fourth-order valence-corrected chi connectivity index (χ4v) is 3.87. The van der Waals surface area contributed by atoms with Crippen molar-refractivity contribution < 1.29 is 24.2 Å². The normalized spacial score (nSPS) is 30.4. The van der Waals surface area contributed by atoms with Gasteiger partial charge in [-0.25, -0.2) is 0 Å². The average molecular weight is 401 g/mol. The van der Waals surface area contributed by atoms with E-state index in [9.17, 15) is 14.9 Å². The summed E-state index contributed by atoms with van der Waals surface area (Å²) in [5.41, 5.74) is 0.448. The maximum atomic E-state index is 12.5. The summed E-state index contributed by atoms with van der Waals surface area (Å²) in [7, 11) is 0. The van der Waals surface area contributed by atoms with E-state index >= 15 is 0 Å². The molecule has 27 heavy (non-hydrogen) atoms. The molecule has 11 heteroatoms. The van der Waals surface area contributed by atoms with E-state index < -0.39 is 17.3 Å². The molecular formula is C16H21ClN4O6. The number of ether oxygens (including phenoxy) is 2. The molecule has 3 saturated heterocycles. The zero-order chi connectivity index (χ0) is 18.1. The second-order valence-electron chi connectivity index (χ2n) is 6.57. The molecule has 0 aromatic carbocycles. The Morgan fingerprint density at radius 2 is 1.93 bits per heavy atom. The van der Waals surface area contributed by atoms with Crippen molar-refractivity contribution in [3.05, 3.63) is 40.2 Å². The Kier molecular flexibility index (Phi) is 6.10. The second-order valence-corrected chi connectivity index (χ2v) is 6.57. The van der Waals surface area contributed by atoms with Crippen LogP contribution in [-0.4, -0.2) is 89.5 Å². The topological polar surface area (TPSA) is 107 Å². The van der Waals surface area contributed by atoms with Gasteiger partial charge in [0.2, 0.25) is 0 Å². The molecule has 148 valence electrons. The highest BCUT2D eigenvalue weighted by molar-refractivity contribution is 5.92. The Morgan fingerprint density at radius 1 is 1.19 bits per heavy atom. The minimum absolute atomic E-state index is 0. The van der Waals surface area contributed by atoms with Gasteiger partial charge in [-0.2, -0.15) is 0 Å². The number of hydrogen-bond donors (Lipinski definition) is 0. The van der Waals surface area contributed by atoms with Crippen LogP contribution in [-0.2, 0) is 14.3 Å². The number of piperazine rings is 1. The van der Waals surface area contributed by atoms with Crippen LogP contribution in [0.1, 0.15) is 10.5 Å². The van der Waals surface area contributed by atoms with Gasteiger partial charge in [0.25, 0.3) is 11.0 Å². The van der Waals surface area contributed by atoms with Gasteiger partial charge in [-0.15, -0.1) is 22.5 Å². The summed E-state index contributed by atoms with van der Waals surface area (Å²) >= 11 is 0. The molecule has 0 bridgehead atoms. The van der Waals surface area contributed by atoms with Crippen LogP contribution in [0.5, 0.6) is 0 Å². The van der Waals surface area contributed by atoms with Gasteiger partial charge in [-0.05, 0) is 12.1 Å². The third kappa shape index (κ3) is 3.98. The van der Waals surface area contributed by atoms with Gasteiger partial charge in [-0.3, -0.25) is 14.7 Å². The summed E-state index contributed by atoms with van der Waals surface area (Å²) in [4.78, 5) is 35.8. The van der Waals surface area contributed by atoms with Crippen molar-refractivity contribution in [2.75, 3.05) is 39.4 Å². The summed E-state index contributed by atoms with van der Waals surface area (Å²) in [5, 5.41) is 9.77. The molecule has 1 amide bonds. The van der Waals surface area contributed by atoms with E-state index in [1.165, 1.54) is 0 Å². The van der Waals surface area contributed by atoms with Crippen molar-refractivity contribution in [3.63, 3.8) is 0 Å². The molecule has 10 nitrogen and oxygen atoms in total. The van der Waals surface area contributed by atoms with E-state index in [-0.39, 0.29) is 37.1 Å². The number of halogens is 1. The fourth-order valence-electron chi connectivity index (χ4n) is 3.87. The minimum Gasteiger partial charge on any atom is -0.371 e. The molecule has 4 rings (SSSR count). The smallest absolute Gasteiger partial charge is 0.294 e. The van der Waals surface area contributed by atoms with Gasteiger partial charge < -0.3 is 19.2 Å². The Bertz CT molecular complexity index is 672. The number of nitrogens with zero attached hydrogens (tertiary/aromatic N) is 4. The molecule has 0 spiro atoms. The van der Waals surface area contributed by atoms with Gasteiger partial charge in [-0.1, -0.05) is 6.07 Å². The zero-order valence-electron chi connectivity index (χ0n) is 14.5. The van der Waals surface area contributed by atoms with E-state index in [1.807, 2.05) is 0 Å². The maximum Gasteiger partial charge on any atom is 0.294 e. The highest BCUT2D eigenvalue weighted by Crippen LogP contribution is 2.32. The molecule has 3 aliphatic rings. The van der Waals surface area contributed by atoms with Gasteiger partial charge >= 0.3 is 0 Å². The lowest BCUT2D eigenvalue weighted by atomic mass is 10.1. The van der Waals surface area contributed by atoms with E-state index in [4.69, 9.17) is 9.47 Å². The molecule has 3 aliphatic heterocycles. The lowest BCUT2D eigenvalue weighted by Crippen LogP contribution is -2.55. The minimum atomic E-state index is -0.797. The molecule has 0 unspecified atom stereocenters. The van der Waals surface area contributed by atoms with Crippen LogP contribution in [0.25, 0.3) is 0 Å². The molecule has 1 aromatic heterocycles. The molecule has 4 heterocycles. The van der Waals surface area contributed by atoms with E-state index in [0.717, 1.165) is 0 Å². The third-order valence-corrected chi connectivity index (χ3v) is 5.16. The summed E-state index contributed by atoms with van der Waals surface area (Å²) in [6.07, 6.45) is 0.281. The molecule has 1 aromatic rings. The van der Waals surface area contributed by atoms with Crippen LogP contribution in [0.4, 0.5) is 0 Å². The van der Waals surface area contributed by atoms with Crippen molar-refractivity contribution in [1.29, 1.82) is 0 Å². The van der Waals surface area contributed by atoms with Gasteiger partial charge in [0.15, 0.2) is 6.10 Å². The summed E-state index contributed by atoms with van der Waals surface area (Å²) in [5.74, 6) is -0.0673. The quantitative estimate of drug-likeness (QED) is 0.513. The first-order chi connectivity index (χ1) is 12.6. The number of fused-ring (bicyclic) bond motifs is 1. The Morgan fingerprint density at radius 3 is 2.59 bits per heavy atom. The Balaban J connectivity index is 0.00000210. The second kappa shape index (κ2) is 8.34. The first-order valence-corrected chi connectivity index (χ1v) is 8.62. The predicted molar refractivity (Wildman–Crippen MR) is 94.1 cm³/mol. The maximum absolute atomic E-state index is 12.5. The molecule has 0 saturated carbocycles. The largest absolute Gasteiger partial charge is 0.371 e. The van der Waals surface area contributed by atoms with Crippen LogP contribution < -0.4 is 0 Å². The molecule has 3 fully saturated rings. The van der Waals surface area contributed by atoms with Crippen molar-refractivity contribution in [1.82, 2.24) is 14.8 Å². The van der Waals surface area contributed by atoms with Crippen molar-refractivity contribution in [3.8, 4) is 0 Å². The van der Waals surface area contributed by atoms with Crippen LogP contribution >= 0.6 is 12.4 Å². The highest BCUT2D eigenvalue weighted by Gasteiger charge is 2.51. The third-order valence-electron chi connectivity index (χ3n) is 5.16.